The Bertz CT molecular complexity index is 559. The Morgan fingerprint density at radius 1 is 1.32 bits per heavy atom. The van der Waals surface area contributed by atoms with E-state index < -0.39 is 5.82 Å². The number of carbonyl (C=O) groups is 2. The summed E-state index contributed by atoms with van der Waals surface area (Å²) in [7, 11) is 0. The van der Waals surface area contributed by atoms with Crippen molar-refractivity contribution in [2.45, 2.75) is 33.1 Å². The van der Waals surface area contributed by atoms with Crippen LogP contribution in [0.1, 0.15) is 42.1 Å². The molecule has 1 aromatic rings. The molecule has 1 fully saturated rings. The second-order valence-electron chi connectivity index (χ2n) is 5.63. The Morgan fingerprint density at radius 3 is 2.82 bits per heavy atom. The normalized spacial score (nSPS) is 18.7. The molecule has 0 saturated carbocycles. The first-order valence-corrected chi connectivity index (χ1v) is 7.75. The summed E-state index contributed by atoms with van der Waals surface area (Å²) in [6, 6.07) is 4.25. The molecule has 1 aromatic carbocycles. The highest BCUT2D eigenvalue weighted by atomic mass is 19.1. The molecule has 1 atom stereocenters. The molecule has 1 unspecified atom stereocenters. The van der Waals surface area contributed by atoms with Crippen LogP contribution >= 0.6 is 0 Å². The highest BCUT2D eigenvalue weighted by Gasteiger charge is 2.27. The van der Waals surface area contributed by atoms with Gasteiger partial charge in [0.25, 0.3) is 5.91 Å². The van der Waals surface area contributed by atoms with E-state index in [0.29, 0.717) is 31.7 Å². The monoisotopic (exact) mass is 307 g/mol. The third-order valence-electron chi connectivity index (χ3n) is 4.07. The Labute approximate surface area is 130 Å². The van der Waals surface area contributed by atoms with Crippen LogP contribution < -0.4 is 0 Å². The molecule has 0 spiro atoms. The maximum absolute atomic E-state index is 13.4. The number of carbonyl (C=O) groups excluding carboxylic acids is 2. The first-order valence-electron chi connectivity index (χ1n) is 7.75. The number of esters is 1. The van der Waals surface area contributed by atoms with Crippen molar-refractivity contribution in [2.75, 3.05) is 19.7 Å². The number of rotatable bonds is 3. The lowest BCUT2D eigenvalue weighted by atomic mass is 10.0. The van der Waals surface area contributed by atoms with Gasteiger partial charge in [-0.2, -0.15) is 0 Å². The third kappa shape index (κ3) is 3.84. The highest BCUT2D eigenvalue weighted by molar-refractivity contribution is 5.95. The van der Waals surface area contributed by atoms with E-state index in [1.807, 2.05) is 0 Å². The fourth-order valence-corrected chi connectivity index (χ4v) is 2.79. The van der Waals surface area contributed by atoms with E-state index in [0.717, 1.165) is 18.4 Å². The quantitative estimate of drug-likeness (QED) is 0.807. The average molecular weight is 307 g/mol. The van der Waals surface area contributed by atoms with E-state index in [9.17, 15) is 14.0 Å². The van der Waals surface area contributed by atoms with E-state index in [2.05, 4.69) is 0 Å². The number of ether oxygens (including phenoxy) is 1. The van der Waals surface area contributed by atoms with E-state index >= 15 is 0 Å². The second kappa shape index (κ2) is 7.38. The molecule has 5 heteroatoms. The van der Waals surface area contributed by atoms with E-state index in [1.165, 1.54) is 12.1 Å². The van der Waals surface area contributed by atoms with Gasteiger partial charge in [-0.05, 0) is 50.8 Å². The first kappa shape index (κ1) is 16.5. The van der Waals surface area contributed by atoms with Crippen molar-refractivity contribution in [2.24, 2.45) is 5.92 Å². The van der Waals surface area contributed by atoms with Gasteiger partial charge in [0.15, 0.2) is 0 Å². The number of nitrogens with zero attached hydrogens (tertiary/aromatic N) is 1. The van der Waals surface area contributed by atoms with Crippen molar-refractivity contribution >= 4 is 11.9 Å². The minimum absolute atomic E-state index is 0.147. The van der Waals surface area contributed by atoms with Crippen LogP contribution in [0.2, 0.25) is 0 Å². The van der Waals surface area contributed by atoms with Gasteiger partial charge in [0.1, 0.15) is 5.82 Å². The van der Waals surface area contributed by atoms with Gasteiger partial charge in [0.05, 0.1) is 12.5 Å². The molecule has 0 aromatic heterocycles. The Morgan fingerprint density at radius 2 is 2.09 bits per heavy atom. The molecule has 0 N–H and O–H groups in total. The van der Waals surface area contributed by atoms with Crippen LogP contribution in [0.4, 0.5) is 4.39 Å². The van der Waals surface area contributed by atoms with Gasteiger partial charge in [-0.1, -0.05) is 6.07 Å². The summed E-state index contributed by atoms with van der Waals surface area (Å²) in [4.78, 5) is 26.1. The first-order chi connectivity index (χ1) is 10.5. The number of benzene rings is 1. The third-order valence-corrected chi connectivity index (χ3v) is 4.07. The summed E-state index contributed by atoms with van der Waals surface area (Å²) in [6.07, 6.45) is 2.08. The molecule has 0 bridgehead atoms. The van der Waals surface area contributed by atoms with Crippen LogP contribution in [0.25, 0.3) is 0 Å². The lowest BCUT2D eigenvalue weighted by Crippen LogP contribution is -2.33. The maximum Gasteiger partial charge on any atom is 0.308 e. The smallest absolute Gasteiger partial charge is 0.308 e. The molecule has 2 rings (SSSR count). The van der Waals surface area contributed by atoms with Crippen molar-refractivity contribution in [3.05, 3.63) is 35.1 Å². The molecule has 1 aliphatic heterocycles. The van der Waals surface area contributed by atoms with Gasteiger partial charge in [-0.3, -0.25) is 9.59 Å². The summed E-state index contributed by atoms with van der Waals surface area (Å²) < 4.78 is 18.4. The SMILES string of the molecule is CCOC(=O)C1CCCN(C(=O)c2cc(F)ccc2C)CC1. The zero-order valence-corrected chi connectivity index (χ0v) is 13.1. The summed E-state index contributed by atoms with van der Waals surface area (Å²) in [6.45, 7) is 5.05. The number of halogens is 1. The van der Waals surface area contributed by atoms with Crippen molar-refractivity contribution in [3.8, 4) is 0 Å². The molecule has 1 amide bonds. The molecule has 120 valence electrons. The lowest BCUT2D eigenvalue weighted by molar-refractivity contribution is -0.148. The molecule has 1 aliphatic rings. The maximum atomic E-state index is 13.4. The molecule has 22 heavy (non-hydrogen) atoms. The predicted octanol–water partition coefficient (Wildman–Crippen LogP) is 2.94. The highest BCUT2D eigenvalue weighted by Crippen LogP contribution is 2.21. The largest absolute Gasteiger partial charge is 0.466 e. The van der Waals surface area contributed by atoms with E-state index in [1.54, 1.807) is 24.8 Å². The molecule has 4 nitrogen and oxygen atoms in total. The van der Waals surface area contributed by atoms with Crippen molar-refractivity contribution < 1.29 is 18.7 Å². The minimum Gasteiger partial charge on any atom is -0.466 e. The number of amides is 1. The summed E-state index contributed by atoms with van der Waals surface area (Å²) in [5, 5.41) is 0. The van der Waals surface area contributed by atoms with Gasteiger partial charge < -0.3 is 9.64 Å². The molecule has 0 radical (unpaired) electrons. The fraction of sp³-hybridized carbons (Fsp3) is 0.529. The summed E-state index contributed by atoms with van der Waals surface area (Å²) in [5.41, 5.74) is 1.16. The van der Waals surface area contributed by atoms with Gasteiger partial charge >= 0.3 is 5.97 Å². The van der Waals surface area contributed by atoms with Gasteiger partial charge in [-0.15, -0.1) is 0 Å². The van der Waals surface area contributed by atoms with Crippen LogP contribution in [0.15, 0.2) is 18.2 Å². The van der Waals surface area contributed by atoms with Gasteiger partial charge in [0, 0.05) is 18.7 Å². The number of likely N-dealkylation sites (tertiary alicyclic amines) is 1. The lowest BCUT2D eigenvalue weighted by Gasteiger charge is -2.21. The Kier molecular flexibility index (Phi) is 5.52. The van der Waals surface area contributed by atoms with Gasteiger partial charge in [0.2, 0.25) is 0 Å². The van der Waals surface area contributed by atoms with E-state index in [4.69, 9.17) is 4.74 Å². The van der Waals surface area contributed by atoms with Crippen molar-refractivity contribution in [1.82, 2.24) is 4.90 Å². The molecular formula is C17H22FNO3. The van der Waals surface area contributed by atoms with Crippen molar-refractivity contribution in [3.63, 3.8) is 0 Å². The summed E-state index contributed by atoms with van der Waals surface area (Å²) >= 11 is 0. The number of aryl methyl sites for hydroxylation is 1. The minimum atomic E-state index is -0.409. The average Bonchev–Trinajstić information content (AvgIpc) is 2.75. The molecule has 1 saturated heterocycles. The predicted molar refractivity (Wildman–Crippen MR) is 81.0 cm³/mol. The molecular weight excluding hydrogens is 285 g/mol. The Balaban J connectivity index is 2.06. The van der Waals surface area contributed by atoms with Crippen LogP contribution in [-0.4, -0.2) is 36.5 Å². The fourth-order valence-electron chi connectivity index (χ4n) is 2.79. The van der Waals surface area contributed by atoms with Gasteiger partial charge in [-0.25, -0.2) is 4.39 Å². The second-order valence-corrected chi connectivity index (χ2v) is 5.63. The van der Waals surface area contributed by atoms with Crippen LogP contribution in [0.5, 0.6) is 0 Å². The zero-order valence-electron chi connectivity index (χ0n) is 13.1. The zero-order chi connectivity index (χ0) is 16.1. The summed E-state index contributed by atoms with van der Waals surface area (Å²) in [5.74, 6) is -0.903. The standard InChI is InChI=1S/C17H22FNO3/c1-3-22-17(21)13-5-4-9-19(10-8-13)16(20)15-11-14(18)7-6-12(15)2/h6-7,11,13H,3-5,8-10H2,1-2H3. The van der Waals surface area contributed by atoms with Crippen molar-refractivity contribution in [1.29, 1.82) is 0 Å². The molecule has 1 heterocycles. The number of hydrogen-bond donors (Lipinski definition) is 0. The topological polar surface area (TPSA) is 46.6 Å². The Hall–Kier alpha value is -1.91. The number of hydrogen-bond acceptors (Lipinski definition) is 3. The van der Waals surface area contributed by atoms with Crippen LogP contribution in [-0.2, 0) is 9.53 Å². The molecule has 0 aliphatic carbocycles. The van der Waals surface area contributed by atoms with E-state index in [-0.39, 0.29) is 17.8 Å². The van der Waals surface area contributed by atoms with Crippen LogP contribution in [0, 0.1) is 18.7 Å². The van der Waals surface area contributed by atoms with Crippen LogP contribution in [0.3, 0.4) is 0 Å².